The first kappa shape index (κ1) is 14.5. The van der Waals surface area contributed by atoms with Crippen LogP contribution in [0.2, 0.25) is 10.0 Å². The third kappa shape index (κ3) is 2.81. The molecule has 2 rings (SSSR count). The molecule has 0 aromatic heterocycles. The van der Waals surface area contributed by atoms with Crippen LogP contribution in [0.3, 0.4) is 0 Å². The highest BCUT2D eigenvalue weighted by Gasteiger charge is 2.16. The number of benzene rings is 2. The van der Waals surface area contributed by atoms with Crippen molar-refractivity contribution in [2.24, 2.45) is 0 Å². The number of nitrogen functional groups attached to an aromatic ring is 1. The van der Waals surface area contributed by atoms with E-state index in [1.807, 2.05) is 19.1 Å². The van der Waals surface area contributed by atoms with Crippen molar-refractivity contribution < 1.29 is 9.90 Å². The van der Waals surface area contributed by atoms with Crippen LogP contribution in [-0.4, -0.2) is 11.1 Å². The molecule has 6 heteroatoms. The Balaban J connectivity index is 2.56. The molecule has 0 radical (unpaired) electrons. The summed E-state index contributed by atoms with van der Waals surface area (Å²) in [4.78, 5) is 11.3. The van der Waals surface area contributed by atoms with Crippen molar-refractivity contribution in [3.8, 4) is 0 Å². The van der Waals surface area contributed by atoms with Crippen molar-refractivity contribution in [2.45, 2.75) is 6.92 Å². The van der Waals surface area contributed by atoms with Crippen LogP contribution in [0.5, 0.6) is 0 Å². The average Bonchev–Trinajstić information content (AvgIpc) is 2.35. The van der Waals surface area contributed by atoms with Crippen molar-refractivity contribution in [2.75, 3.05) is 11.1 Å². The molecule has 0 atom stereocenters. The van der Waals surface area contributed by atoms with Gasteiger partial charge < -0.3 is 16.2 Å². The number of para-hydroxylation sites is 1. The Labute approximate surface area is 126 Å². The smallest absolute Gasteiger partial charge is 0.337 e. The predicted octanol–water partition coefficient (Wildman–Crippen LogP) is 4.33. The number of nitrogens with two attached hydrogens (primary N) is 1. The summed E-state index contributed by atoms with van der Waals surface area (Å²) >= 11 is 12.2. The maximum atomic E-state index is 11.3. The summed E-state index contributed by atoms with van der Waals surface area (Å²) in [6.45, 7) is 1.86. The highest BCUT2D eigenvalue weighted by Crippen LogP contribution is 2.35. The molecule has 20 heavy (non-hydrogen) atoms. The third-order valence-corrected chi connectivity index (χ3v) is 3.43. The molecule has 0 unspecified atom stereocenters. The van der Waals surface area contributed by atoms with E-state index in [0.717, 1.165) is 5.56 Å². The minimum absolute atomic E-state index is 0.00526. The molecule has 0 aliphatic carbocycles. The van der Waals surface area contributed by atoms with E-state index in [2.05, 4.69) is 5.32 Å². The van der Waals surface area contributed by atoms with Gasteiger partial charge in [0.25, 0.3) is 0 Å². The van der Waals surface area contributed by atoms with Crippen LogP contribution in [0, 0.1) is 6.92 Å². The summed E-state index contributed by atoms with van der Waals surface area (Å²) in [6.07, 6.45) is 0. The van der Waals surface area contributed by atoms with Crippen LogP contribution in [0.4, 0.5) is 17.1 Å². The van der Waals surface area contributed by atoms with Crippen LogP contribution in [0.15, 0.2) is 30.3 Å². The zero-order chi connectivity index (χ0) is 14.9. The lowest BCUT2D eigenvalue weighted by Crippen LogP contribution is -2.06. The van der Waals surface area contributed by atoms with Gasteiger partial charge in [0, 0.05) is 5.69 Å². The van der Waals surface area contributed by atoms with Gasteiger partial charge in [-0.3, -0.25) is 0 Å². The van der Waals surface area contributed by atoms with E-state index < -0.39 is 5.97 Å². The summed E-state index contributed by atoms with van der Waals surface area (Å²) in [5, 5.41) is 12.9. The second-order valence-corrected chi connectivity index (χ2v) is 5.10. The number of aryl methyl sites for hydroxylation is 1. The lowest BCUT2D eigenvalue weighted by atomic mass is 10.1. The molecular formula is C14H12Cl2N2O2. The number of anilines is 3. The van der Waals surface area contributed by atoms with E-state index in [1.165, 1.54) is 12.1 Å². The summed E-state index contributed by atoms with van der Waals surface area (Å²) in [7, 11) is 0. The van der Waals surface area contributed by atoms with E-state index in [-0.39, 0.29) is 22.0 Å². The van der Waals surface area contributed by atoms with Gasteiger partial charge in [-0.25, -0.2) is 4.79 Å². The van der Waals surface area contributed by atoms with Crippen molar-refractivity contribution in [3.05, 3.63) is 51.5 Å². The topological polar surface area (TPSA) is 75.3 Å². The molecule has 0 amide bonds. The van der Waals surface area contributed by atoms with Crippen molar-refractivity contribution in [3.63, 3.8) is 0 Å². The maximum Gasteiger partial charge on any atom is 0.337 e. The number of hydrogen-bond donors (Lipinski definition) is 3. The largest absolute Gasteiger partial charge is 0.478 e. The Kier molecular flexibility index (Phi) is 4.06. The van der Waals surface area contributed by atoms with E-state index in [4.69, 9.17) is 28.9 Å². The molecule has 0 aliphatic rings. The van der Waals surface area contributed by atoms with E-state index in [0.29, 0.717) is 10.7 Å². The first-order valence-electron chi connectivity index (χ1n) is 5.74. The minimum atomic E-state index is -1.12. The number of carboxylic acids is 1. The maximum absolute atomic E-state index is 11.3. The number of halogens is 2. The SMILES string of the molecule is Cc1cccc(Cl)c1Nc1c(Cl)cc(N)cc1C(=O)O. The average molecular weight is 311 g/mol. The molecule has 0 aliphatic heterocycles. The molecule has 4 N–H and O–H groups in total. The normalized spacial score (nSPS) is 10.3. The monoisotopic (exact) mass is 310 g/mol. The molecule has 0 saturated carbocycles. The van der Waals surface area contributed by atoms with Gasteiger partial charge in [0.05, 0.1) is 27.0 Å². The highest BCUT2D eigenvalue weighted by molar-refractivity contribution is 6.35. The molecule has 2 aromatic carbocycles. The lowest BCUT2D eigenvalue weighted by molar-refractivity contribution is 0.0698. The Morgan fingerprint density at radius 2 is 1.90 bits per heavy atom. The van der Waals surface area contributed by atoms with Gasteiger partial charge in [-0.1, -0.05) is 35.3 Å². The molecule has 104 valence electrons. The molecule has 0 spiro atoms. The van der Waals surface area contributed by atoms with Gasteiger partial charge in [0.1, 0.15) is 0 Å². The Bertz CT molecular complexity index is 667. The summed E-state index contributed by atoms with van der Waals surface area (Å²) < 4.78 is 0. The fourth-order valence-electron chi connectivity index (χ4n) is 1.84. The van der Waals surface area contributed by atoms with Crippen molar-refractivity contribution in [1.29, 1.82) is 0 Å². The molecule has 2 aromatic rings. The molecule has 0 heterocycles. The first-order valence-corrected chi connectivity index (χ1v) is 6.50. The number of carbonyl (C=O) groups is 1. The van der Waals surface area contributed by atoms with Crippen LogP contribution >= 0.6 is 23.2 Å². The number of hydrogen-bond acceptors (Lipinski definition) is 3. The van der Waals surface area contributed by atoms with Crippen molar-refractivity contribution in [1.82, 2.24) is 0 Å². The number of carboxylic acid groups (broad SMARTS) is 1. The fraction of sp³-hybridized carbons (Fsp3) is 0.0714. The van der Waals surface area contributed by atoms with Crippen LogP contribution in [0.1, 0.15) is 15.9 Å². The van der Waals surface area contributed by atoms with Gasteiger partial charge >= 0.3 is 5.97 Å². The van der Waals surface area contributed by atoms with Gasteiger partial charge in [-0.2, -0.15) is 0 Å². The van der Waals surface area contributed by atoms with Gasteiger partial charge in [-0.15, -0.1) is 0 Å². The van der Waals surface area contributed by atoms with E-state index >= 15 is 0 Å². The lowest BCUT2D eigenvalue weighted by Gasteiger charge is -2.15. The second kappa shape index (κ2) is 5.61. The van der Waals surface area contributed by atoms with Gasteiger partial charge in [-0.05, 0) is 30.7 Å². The molecular weight excluding hydrogens is 299 g/mol. The Morgan fingerprint density at radius 1 is 1.20 bits per heavy atom. The zero-order valence-electron chi connectivity index (χ0n) is 10.6. The van der Waals surface area contributed by atoms with Crippen LogP contribution in [0.25, 0.3) is 0 Å². The standard InChI is InChI=1S/C14H12Cl2N2O2/c1-7-3-2-4-10(15)12(7)18-13-9(14(19)20)5-8(17)6-11(13)16/h2-6,18H,17H2,1H3,(H,19,20). The first-order chi connectivity index (χ1) is 9.40. The third-order valence-electron chi connectivity index (χ3n) is 2.81. The quantitative estimate of drug-likeness (QED) is 0.738. The summed E-state index contributed by atoms with van der Waals surface area (Å²) in [5.74, 6) is -1.12. The van der Waals surface area contributed by atoms with Crippen LogP contribution < -0.4 is 11.1 Å². The van der Waals surface area contributed by atoms with E-state index in [1.54, 1.807) is 6.07 Å². The van der Waals surface area contributed by atoms with E-state index in [9.17, 15) is 9.90 Å². The number of nitrogens with one attached hydrogen (secondary N) is 1. The number of aromatic carboxylic acids is 1. The second-order valence-electron chi connectivity index (χ2n) is 4.29. The minimum Gasteiger partial charge on any atom is -0.478 e. The zero-order valence-corrected chi connectivity index (χ0v) is 12.1. The molecule has 4 nitrogen and oxygen atoms in total. The highest BCUT2D eigenvalue weighted by atomic mass is 35.5. The summed E-state index contributed by atoms with van der Waals surface area (Å²) in [5.41, 5.74) is 7.66. The fourth-order valence-corrected chi connectivity index (χ4v) is 2.38. The Morgan fingerprint density at radius 3 is 2.50 bits per heavy atom. The molecule has 0 fully saturated rings. The number of rotatable bonds is 3. The van der Waals surface area contributed by atoms with Crippen LogP contribution in [-0.2, 0) is 0 Å². The summed E-state index contributed by atoms with van der Waals surface area (Å²) in [6, 6.07) is 8.22. The molecule has 0 bridgehead atoms. The van der Waals surface area contributed by atoms with Crippen molar-refractivity contribution >= 4 is 46.2 Å². The van der Waals surface area contributed by atoms with Gasteiger partial charge in [0.15, 0.2) is 0 Å². The predicted molar refractivity (Wildman–Crippen MR) is 82.3 cm³/mol. The molecule has 0 saturated heterocycles. The Hall–Kier alpha value is -1.91. The van der Waals surface area contributed by atoms with Gasteiger partial charge in [0.2, 0.25) is 0 Å².